The fourth-order valence-corrected chi connectivity index (χ4v) is 3.16. The molecule has 10 heteroatoms. The summed E-state index contributed by atoms with van der Waals surface area (Å²) in [4.78, 5) is 12.2. The van der Waals surface area contributed by atoms with Gasteiger partial charge in [0.05, 0.1) is 6.21 Å². The van der Waals surface area contributed by atoms with Crippen molar-refractivity contribution in [1.29, 1.82) is 0 Å². The molecular formula is C19H17F2N5O2S. The van der Waals surface area contributed by atoms with E-state index >= 15 is 0 Å². The van der Waals surface area contributed by atoms with Crippen LogP contribution in [0, 0.1) is 0 Å². The number of benzene rings is 2. The number of amides is 1. The van der Waals surface area contributed by atoms with Crippen molar-refractivity contribution in [2.24, 2.45) is 12.1 Å². The predicted octanol–water partition coefficient (Wildman–Crippen LogP) is 3.47. The number of halogens is 2. The first-order valence-corrected chi connectivity index (χ1v) is 9.44. The number of aromatic nitrogens is 3. The van der Waals surface area contributed by atoms with E-state index in [0.29, 0.717) is 16.9 Å². The summed E-state index contributed by atoms with van der Waals surface area (Å²) in [5.74, 6) is 0.249. The molecule has 0 aliphatic heterocycles. The molecule has 3 aromatic rings. The number of aryl methyl sites for hydroxylation is 1. The summed E-state index contributed by atoms with van der Waals surface area (Å²) in [6.45, 7) is -2.94. The first-order chi connectivity index (χ1) is 14.0. The van der Waals surface area contributed by atoms with E-state index in [1.165, 1.54) is 24.0 Å². The number of carbonyl (C=O) groups excluding carboxylic acids is 1. The van der Waals surface area contributed by atoms with Gasteiger partial charge >= 0.3 is 6.61 Å². The van der Waals surface area contributed by atoms with Crippen LogP contribution < -0.4 is 10.2 Å². The molecule has 0 saturated heterocycles. The van der Waals surface area contributed by atoms with Crippen LogP contribution in [0.25, 0.3) is 0 Å². The molecule has 0 atom stereocenters. The number of hydrogen-bond acceptors (Lipinski definition) is 6. The van der Waals surface area contributed by atoms with Crippen molar-refractivity contribution in [3.63, 3.8) is 0 Å². The molecular weight excluding hydrogens is 400 g/mol. The first kappa shape index (κ1) is 20.5. The number of nitrogens with zero attached hydrogens (tertiary/aromatic N) is 4. The van der Waals surface area contributed by atoms with Gasteiger partial charge in [-0.05, 0) is 29.8 Å². The normalized spacial score (nSPS) is 11.2. The zero-order valence-electron chi connectivity index (χ0n) is 15.3. The second-order valence-corrected chi connectivity index (χ2v) is 6.77. The molecule has 1 amide bonds. The molecule has 0 saturated carbocycles. The summed E-state index contributed by atoms with van der Waals surface area (Å²) in [6, 6.07) is 13.2. The largest absolute Gasteiger partial charge is 0.434 e. The van der Waals surface area contributed by atoms with Crippen LogP contribution in [0.1, 0.15) is 21.5 Å². The fourth-order valence-electron chi connectivity index (χ4n) is 2.32. The number of para-hydroxylation sites is 1. The summed E-state index contributed by atoms with van der Waals surface area (Å²) in [6.07, 6.45) is 2.88. The number of alkyl halides is 2. The monoisotopic (exact) mass is 417 g/mol. The van der Waals surface area contributed by atoms with Crippen molar-refractivity contribution in [2.45, 2.75) is 17.5 Å². The van der Waals surface area contributed by atoms with Crippen LogP contribution in [0.2, 0.25) is 0 Å². The number of rotatable bonds is 8. The maximum Gasteiger partial charge on any atom is 0.387 e. The van der Waals surface area contributed by atoms with Gasteiger partial charge in [-0.3, -0.25) is 4.79 Å². The average Bonchev–Trinajstić information content (AvgIpc) is 3.12. The summed E-state index contributed by atoms with van der Waals surface area (Å²) < 4.78 is 31.1. The van der Waals surface area contributed by atoms with E-state index in [9.17, 15) is 13.6 Å². The number of carbonyl (C=O) groups is 1. The number of hydrogen-bond donors (Lipinski definition) is 1. The zero-order valence-corrected chi connectivity index (χ0v) is 16.1. The smallest absolute Gasteiger partial charge is 0.387 e. The Labute approximate surface area is 169 Å². The van der Waals surface area contributed by atoms with Crippen LogP contribution >= 0.6 is 11.8 Å². The highest BCUT2D eigenvalue weighted by Crippen LogP contribution is 2.20. The summed E-state index contributed by atoms with van der Waals surface area (Å²) in [5, 5.41) is 12.4. The minimum absolute atomic E-state index is 0.0229. The average molecular weight is 417 g/mol. The molecule has 150 valence electrons. The van der Waals surface area contributed by atoms with Gasteiger partial charge in [0.25, 0.3) is 5.91 Å². The molecule has 29 heavy (non-hydrogen) atoms. The molecule has 0 aliphatic carbocycles. The van der Waals surface area contributed by atoms with Crippen molar-refractivity contribution in [3.8, 4) is 5.75 Å². The number of hydrazone groups is 1. The Kier molecular flexibility index (Phi) is 6.90. The van der Waals surface area contributed by atoms with Gasteiger partial charge in [-0.15, -0.1) is 10.2 Å². The zero-order chi connectivity index (χ0) is 20.6. The Hall–Kier alpha value is -3.27. The van der Waals surface area contributed by atoms with Gasteiger partial charge in [0.15, 0.2) is 5.16 Å². The quantitative estimate of drug-likeness (QED) is 0.345. The number of thioether (sulfide) groups is 1. The van der Waals surface area contributed by atoms with E-state index in [1.807, 2.05) is 23.7 Å². The number of ether oxygens (including phenoxy) is 1. The van der Waals surface area contributed by atoms with E-state index in [0.717, 1.165) is 10.7 Å². The topological polar surface area (TPSA) is 81.4 Å². The Bertz CT molecular complexity index is 992. The van der Waals surface area contributed by atoms with E-state index in [2.05, 4.69) is 25.5 Å². The Balaban J connectivity index is 1.56. The molecule has 2 aromatic carbocycles. The number of nitrogens with one attached hydrogen (secondary N) is 1. The van der Waals surface area contributed by atoms with Gasteiger partial charge in [-0.25, -0.2) is 5.43 Å². The third-order valence-electron chi connectivity index (χ3n) is 3.76. The Morgan fingerprint density at radius 2 is 2.03 bits per heavy atom. The van der Waals surface area contributed by atoms with Crippen molar-refractivity contribution >= 4 is 23.9 Å². The highest BCUT2D eigenvalue weighted by atomic mass is 32.2. The lowest BCUT2D eigenvalue weighted by molar-refractivity contribution is -0.0499. The lowest BCUT2D eigenvalue weighted by Crippen LogP contribution is -2.17. The van der Waals surface area contributed by atoms with Gasteiger partial charge in [0.1, 0.15) is 12.1 Å². The van der Waals surface area contributed by atoms with Crippen LogP contribution in [0.5, 0.6) is 5.75 Å². The third kappa shape index (κ3) is 5.85. The Morgan fingerprint density at radius 1 is 1.28 bits per heavy atom. The molecule has 7 nitrogen and oxygen atoms in total. The molecule has 0 bridgehead atoms. The fraction of sp³-hybridized carbons (Fsp3) is 0.158. The molecule has 1 heterocycles. The van der Waals surface area contributed by atoms with Crippen molar-refractivity contribution in [3.05, 3.63) is 71.5 Å². The van der Waals surface area contributed by atoms with E-state index in [1.54, 1.807) is 36.7 Å². The second-order valence-electron chi connectivity index (χ2n) is 5.83. The lowest BCUT2D eigenvalue weighted by atomic mass is 10.1. The van der Waals surface area contributed by atoms with Crippen LogP contribution in [-0.2, 0) is 12.8 Å². The molecule has 0 unspecified atom stereocenters. The third-order valence-corrected chi connectivity index (χ3v) is 4.86. The highest BCUT2D eigenvalue weighted by molar-refractivity contribution is 7.98. The van der Waals surface area contributed by atoms with Crippen LogP contribution in [0.15, 0.2) is 65.1 Å². The molecule has 0 aliphatic rings. The van der Waals surface area contributed by atoms with Crippen molar-refractivity contribution in [1.82, 2.24) is 20.2 Å². The van der Waals surface area contributed by atoms with Crippen molar-refractivity contribution < 1.29 is 18.3 Å². The van der Waals surface area contributed by atoms with E-state index in [-0.39, 0.29) is 5.75 Å². The van der Waals surface area contributed by atoms with E-state index < -0.39 is 12.5 Å². The maximum absolute atomic E-state index is 12.4. The minimum Gasteiger partial charge on any atom is -0.434 e. The van der Waals surface area contributed by atoms with Crippen LogP contribution in [0.3, 0.4) is 0 Å². The molecule has 0 fully saturated rings. The van der Waals surface area contributed by atoms with Gasteiger partial charge < -0.3 is 9.30 Å². The lowest BCUT2D eigenvalue weighted by Gasteiger charge is -2.07. The second kappa shape index (κ2) is 9.78. The van der Waals surface area contributed by atoms with E-state index in [4.69, 9.17) is 0 Å². The minimum atomic E-state index is -2.94. The SMILES string of the molecule is Cn1cnnc1SCc1ccc(C(=O)N/N=C\c2ccccc2OC(F)F)cc1. The Morgan fingerprint density at radius 3 is 2.72 bits per heavy atom. The van der Waals surface area contributed by atoms with Crippen molar-refractivity contribution in [2.75, 3.05) is 0 Å². The first-order valence-electron chi connectivity index (χ1n) is 8.46. The van der Waals surface area contributed by atoms with Crippen LogP contribution in [0.4, 0.5) is 8.78 Å². The molecule has 0 spiro atoms. The van der Waals surface area contributed by atoms with Gasteiger partial charge in [0, 0.05) is 23.9 Å². The standard InChI is InChI=1S/C19H17F2N5O2S/c1-26-12-23-25-19(26)29-11-13-6-8-14(9-7-13)17(27)24-22-10-15-4-2-3-5-16(15)28-18(20)21/h2-10,12,18H,11H2,1H3,(H,24,27)/b22-10-. The maximum atomic E-state index is 12.4. The summed E-state index contributed by atoms with van der Waals surface area (Å²) in [7, 11) is 1.87. The molecule has 3 rings (SSSR count). The molecule has 0 radical (unpaired) electrons. The van der Waals surface area contributed by atoms with Gasteiger partial charge in [0.2, 0.25) is 0 Å². The molecule has 1 N–H and O–H groups in total. The highest BCUT2D eigenvalue weighted by Gasteiger charge is 2.08. The summed E-state index contributed by atoms with van der Waals surface area (Å²) in [5.41, 5.74) is 4.14. The van der Waals surface area contributed by atoms with Crippen LogP contribution in [-0.4, -0.2) is 33.5 Å². The van der Waals surface area contributed by atoms with Gasteiger partial charge in [-0.2, -0.15) is 13.9 Å². The van der Waals surface area contributed by atoms with Gasteiger partial charge in [-0.1, -0.05) is 36.0 Å². The summed E-state index contributed by atoms with van der Waals surface area (Å²) >= 11 is 1.54. The predicted molar refractivity (Wildman–Crippen MR) is 105 cm³/mol. The molecule has 1 aromatic heterocycles.